The first-order valence-electron chi connectivity index (χ1n) is 11.5. The Balaban J connectivity index is 1.66. The molecule has 0 saturated carbocycles. The summed E-state index contributed by atoms with van der Waals surface area (Å²) in [6, 6.07) is 13.3. The normalized spacial score (nSPS) is 12.6. The molecule has 15 heteroatoms. The molecular weight excluding hydrogens is 510 g/mol. The lowest BCUT2D eigenvalue weighted by Crippen LogP contribution is -2.42. The number of nitrogens with one attached hydrogen (secondary N) is 4. The smallest absolute Gasteiger partial charge is 0.431 e. The van der Waals surface area contributed by atoms with Crippen LogP contribution in [0.1, 0.15) is 22.8 Å². The summed E-state index contributed by atoms with van der Waals surface area (Å²) in [5.74, 6) is -1.43. The maximum Gasteiger partial charge on any atom is 0.431 e. The third kappa shape index (κ3) is 8.03. The number of aromatic nitrogens is 1. The summed E-state index contributed by atoms with van der Waals surface area (Å²) in [4.78, 5) is 40.4. The van der Waals surface area contributed by atoms with Crippen LogP contribution in [0.5, 0.6) is 0 Å². The Bertz CT molecular complexity index is 1510. The number of benzene rings is 1. The number of hydrogen-bond donors (Lipinski definition) is 5. The van der Waals surface area contributed by atoms with E-state index in [-0.39, 0.29) is 29.5 Å². The van der Waals surface area contributed by atoms with Crippen molar-refractivity contribution in [2.24, 2.45) is 4.90 Å². The zero-order valence-electron chi connectivity index (χ0n) is 20.7. The SMILES string of the molecule is [B]C(=O)NC(=NB(C)O)NCc1ccc2cc(C(=O)NC[C@@H](C)NS(=O)(=O)c3ccccc3)cc(=O)n2c1. The first-order chi connectivity index (χ1) is 17.9. The van der Waals surface area contributed by atoms with E-state index in [0.29, 0.717) is 11.1 Å². The van der Waals surface area contributed by atoms with Crippen molar-refractivity contribution in [3.8, 4) is 0 Å². The van der Waals surface area contributed by atoms with Crippen molar-refractivity contribution in [1.29, 1.82) is 0 Å². The van der Waals surface area contributed by atoms with Crippen LogP contribution >= 0.6 is 0 Å². The molecule has 0 aliphatic carbocycles. The van der Waals surface area contributed by atoms with Gasteiger partial charge in [0.05, 0.1) is 4.90 Å². The first kappa shape index (κ1) is 28.6. The van der Waals surface area contributed by atoms with Crippen LogP contribution in [0.15, 0.2) is 75.4 Å². The summed E-state index contributed by atoms with van der Waals surface area (Å²) in [6.07, 6.45) is 1.55. The fourth-order valence-electron chi connectivity index (χ4n) is 3.44. The number of pyridine rings is 2. The van der Waals surface area contributed by atoms with Gasteiger partial charge in [0, 0.05) is 42.5 Å². The molecule has 1 atom stereocenters. The summed E-state index contributed by atoms with van der Waals surface area (Å²) in [6.45, 7) is 3.16. The predicted octanol–water partition coefficient (Wildman–Crippen LogP) is -0.170. The molecule has 0 aliphatic heterocycles. The molecule has 5 N–H and O–H groups in total. The zero-order valence-corrected chi connectivity index (χ0v) is 21.5. The lowest BCUT2D eigenvalue weighted by atomic mass is 9.91. The van der Waals surface area contributed by atoms with Crippen LogP contribution in [-0.2, 0) is 16.6 Å². The molecule has 12 nitrogen and oxygen atoms in total. The molecule has 0 unspecified atom stereocenters. The van der Waals surface area contributed by atoms with E-state index in [1.807, 2.05) is 0 Å². The standard InChI is InChI=1S/C23H26B2N6O6S/c1-15(30-38(36,37)19-6-4-3-5-7-19)12-26-21(33)17-10-18-9-8-16(14-31(18)20(32)11-17)13-27-23(28-22(24)34)29-25(2)35/h3-11,14-15,30,35H,12-13H2,1-2H3,(H,26,33)(H2,27,28,29,34)/t15-/m1/s1. The molecule has 2 heterocycles. The summed E-state index contributed by atoms with van der Waals surface area (Å²) in [5, 5.41) is 17.1. The third-order valence-electron chi connectivity index (χ3n) is 5.12. The van der Waals surface area contributed by atoms with Crippen LogP contribution in [0.2, 0.25) is 6.82 Å². The minimum absolute atomic E-state index is 0.00452. The summed E-state index contributed by atoms with van der Waals surface area (Å²) >= 11 is 0. The highest BCUT2D eigenvalue weighted by Crippen LogP contribution is 2.09. The van der Waals surface area contributed by atoms with Gasteiger partial charge in [0.15, 0.2) is 11.8 Å². The lowest BCUT2D eigenvalue weighted by molar-refractivity contribution is 0.0951. The Labute approximate surface area is 221 Å². The van der Waals surface area contributed by atoms with Gasteiger partial charge in [-0.3, -0.25) is 23.7 Å². The van der Waals surface area contributed by atoms with E-state index in [2.05, 4.69) is 25.6 Å². The van der Waals surface area contributed by atoms with Gasteiger partial charge in [-0.25, -0.2) is 13.1 Å². The quantitative estimate of drug-likeness (QED) is 0.144. The van der Waals surface area contributed by atoms with Gasteiger partial charge in [-0.15, -0.1) is 0 Å². The van der Waals surface area contributed by atoms with E-state index in [4.69, 9.17) is 7.85 Å². The Hall–Kier alpha value is -3.94. The van der Waals surface area contributed by atoms with Crippen molar-refractivity contribution in [3.05, 3.63) is 82.3 Å². The molecule has 2 aromatic heterocycles. The fourth-order valence-corrected chi connectivity index (χ4v) is 4.70. The monoisotopic (exact) mass is 536 g/mol. The highest BCUT2D eigenvalue weighted by Gasteiger charge is 2.18. The summed E-state index contributed by atoms with van der Waals surface area (Å²) < 4.78 is 28.7. The van der Waals surface area contributed by atoms with Crippen molar-refractivity contribution in [2.75, 3.05) is 6.54 Å². The summed E-state index contributed by atoms with van der Waals surface area (Å²) in [5.41, 5.74) is 0.759. The van der Waals surface area contributed by atoms with Gasteiger partial charge in [0.1, 0.15) is 0 Å². The maximum atomic E-state index is 12.7. The Morgan fingerprint density at radius 3 is 2.50 bits per heavy atom. The van der Waals surface area contributed by atoms with E-state index in [9.17, 15) is 27.8 Å². The van der Waals surface area contributed by atoms with Crippen LogP contribution < -0.4 is 26.2 Å². The highest BCUT2D eigenvalue weighted by atomic mass is 32.2. The Kier molecular flexibility index (Phi) is 9.45. The number of sulfonamides is 1. The zero-order chi connectivity index (χ0) is 27.9. The largest absolute Gasteiger partial charge is 0.431 e. The minimum atomic E-state index is -3.74. The maximum absolute atomic E-state index is 12.7. The van der Waals surface area contributed by atoms with Crippen LogP contribution in [0.4, 0.5) is 4.79 Å². The third-order valence-corrected chi connectivity index (χ3v) is 6.72. The van der Waals surface area contributed by atoms with Gasteiger partial charge in [0.2, 0.25) is 17.9 Å². The number of nitrogens with zero attached hydrogens (tertiary/aromatic N) is 2. The number of guanidine groups is 1. The van der Waals surface area contributed by atoms with Crippen LogP contribution in [0.3, 0.4) is 0 Å². The van der Waals surface area contributed by atoms with Gasteiger partial charge in [-0.1, -0.05) is 24.3 Å². The van der Waals surface area contributed by atoms with Crippen molar-refractivity contribution in [3.63, 3.8) is 0 Å². The molecule has 2 amide bonds. The topological polar surface area (TPSA) is 170 Å². The second-order valence-electron chi connectivity index (χ2n) is 8.41. The van der Waals surface area contributed by atoms with Gasteiger partial charge in [-0.05, 0) is 43.6 Å². The number of carbonyl (C=O) groups is 2. The second-order valence-corrected chi connectivity index (χ2v) is 10.1. The van der Waals surface area contributed by atoms with E-state index in [0.717, 1.165) is 0 Å². The average Bonchev–Trinajstić information content (AvgIpc) is 2.85. The van der Waals surface area contributed by atoms with Gasteiger partial charge in [-0.2, -0.15) is 0 Å². The Morgan fingerprint density at radius 2 is 1.84 bits per heavy atom. The molecule has 196 valence electrons. The molecular formula is C23H26B2N6O6S. The van der Waals surface area contributed by atoms with Crippen molar-refractivity contribution >= 4 is 48.1 Å². The molecule has 3 rings (SSSR count). The molecule has 0 bridgehead atoms. The van der Waals surface area contributed by atoms with Crippen LogP contribution in [0.25, 0.3) is 5.52 Å². The highest BCUT2D eigenvalue weighted by molar-refractivity contribution is 7.89. The number of rotatable bonds is 9. The van der Waals surface area contributed by atoms with Crippen LogP contribution in [-0.4, -0.2) is 63.0 Å². The van der Waals surface area contributed by atoms with E-state index < -0.39 is 40.4 Å². The van der Waals surface area contributed by atoms with Crippen LogP contribution in [0, 0.1) is 0 Å². The van der Waals surface area contributed by atoms with E-state index in [1.165, 1.54) is 35.5 Å². The lowest BCUT2D eigenvalue weighted by Gasteiger charge is -2.15. The average molecular weight is 536 g/mol. The Morgan fingerprint density at radius 1 is 1.13 bits per heavy atom. The summed E-state index contributed by atoms with van der Waals surface area (Å²) in [7, 11) is 0.275. The molecule has 0 spiro atoms. The molecule has 0 aliphatic rings. The van der Waals surface area contributed by atoms with Gasteiger partial charge < -0.3 is 21.0 Å². The number of hydrogen-bond acceptors (Lipinski definition) is 7. The molecule has 0 saturated heterocycles. The predicted molar refractivity (Wildman–Crippen MR) is 145 cm³/mol. The van der Waals surface area contributed by atoms with Crippen molar-refractivity contribution in [1.82, 2.24) is 25.1 Å². The second kappa shape index (κ2) is 12.5. The van der Waals surface area contributed by atoms with E-state index >= 15 is 0 Å². The van der Waals surface area contributed by atoms with Gasteiger partial charge in [0.25, 0.3) is 11.5 Å². The number of fused-ring (bicyclic) bond motifs is 1. The number of carbonyl (C=O) groups excluding carboxylic acids is 2. The number of amides is 2. The molecule has 0 fully saturated rings. The molecule has 38 heavy (non-hydrogen) atoms. The molecule has 2 radical (unpaired) electrons. The van der Waals surface area contributed by atoms with Crippen molar-refractivity contribution < 1.29 is 23.0 Å². The minimum Gasteiger partial charge on any atom is -0.431 e. The molecule has 3 aromatic rings. The first-order valence-corrected chi connectivity index (χ1v) is 13.0. The van der Waals surface area contributed by atoms with E-state index in [1.54, 1.807) is 43.5 Å². The fraction of sp³-hybridized carbons (Fsp3) is 0.217. The molecule has 1 aromatic carbocycles. The van der Waals surface area contributed by atoms with Crippen molar-refractivity contribution in [2.45, 2.75) is 31.2 Å². The van der Waals surface area contributed by atoms with Gasteiger partial charge >= 0.3 is 7.05 Å².